The molecule has 10 nitrogen and oxygen atoms in total. The van der Waals surface area contributed by atoms with E-state index in [4.69, 9.17) is 4.74 Å². The summed E-state index contributed by atoms with van der Waals surface area (Å²) in [5.41, 5.74) is -0.205. The van der Waals surface area contributed by atoms with Crippen LogP contribution in [0.25, 0.3) is 17.1 Å². The first kappa shape index (κ1) is 19.4. The fourth-order valence-electron chi connectivity index (χ4n) is 2.97. The lowest BCUT2D eigenvalue weighted by Gasteiger charge is -2.15. The molecule has 1 saturated heterocycles. The normalized spacial score (nSPS) is 15.9. The molecule has 0 aliphatic carbocycles. The minimum Gasteiger partial charge on any atom is -0.442 e. The molecule has 3 heterocycles. The summed E-state index contributed by atoms with van der Waals surface area (Å²) < 4.78 is 35.9. The fourth-order valence-corrected chi connectivity index (χ4v) is 2.97. The Hall–Kier alpha value is -3.96. The minimum atomic E-state index is -0.889. The van der Waals surface area contributed by atoms with Crippen LogP contribution in [0.15, 0.2) is 36.9 Å². The zero-order valence-electron chi connectivity index (χ0n) is 15.6. The molecular weight excluding hydrogens is 400 g/mol. The summed E-state index contributed by atoms with van der Waals surface area (Å²) in [4.78, 5) is 32.2. The number of halogens is 2. The first-order chi connectivity index (χ1) is 14.4. The van der Waals surface area contributed by atoms with E-state index in [2.05, 4.69) is 25.6 Å². The van der Waals surface area contributed by atoms with Crippen molar-refractivity contribution in [3.8, 4) is 17.1 Å². The third kappa shape index (κ3) is 3.79. The molecule has 1 fully saturated rings. The lowest BCUT2D eigenvalue weighted by Crippen LogP contribution is -2.33. The standard InChI is InChI=1S/C18H15F2N7O3/c1-10(28)21-8-13-9-26(18(29)30-13)12-4-14(19)16(15(20)5-12)11-6-22-17(23-7-11)27-3-2-24-25-27/h2-7,13H,8-9H2,1H3,(H,21,28)/t13-/m0/s1. The summed E-state index contributed by atoms with van der Waals surface area (Å²) in [6.45, 7) is 1.49. The number of hydrogen-bond acceptors (Lipinski definition) is 7. The number of ether oxygens (including phenoxy) is 1. The number of carbonyl (C=O) groups is 2. The van der Waals surface area contributed by atoms with Gasteiger partial charge in [0.1, 0.15) is 17.7 Å². The van der Waals surface area contributed by atoms with Gasteiger partial charge in [-0.2, -0.15) is 4.68 Å². The summed E-state index contributed by atoms with van der Waals surface area (Å²) in [5, 5.41) is 9.91. The number of anilines is 1. The second-order valence-electron chi connectivity index (χ2n) is 6.46. The maximum Gasteiger partial charge on any atom is 0.414 e. The smallest absolute Gasteiger partial charge is 0.414 e. The van der Waals surface area contributed by atoms with Crippen LogP contribution in [0.5, 0.6) is 0 Å². The second-order valence-corrected chi connectivity index (χ2v) is 6.46. The molecule has 0 saturated carbocycles. The average molecular weight is 415 g/mol. The van der Waals surface area contributed by atoms with Crippen molar-refractivity contribution in [1.29, 1.82) is 0 Å². The van der Waals surface area contributed by atoms with Crippen molar-refractivity contribution in [2.45, 2.75) is 13.0 Å². The van der Waals surface area contributed by atoms with Crippen molar-refractivity contribution < 1.29 is 23.1 Å². The highest BCUT2D eigenvalue weighted by molar-refractivity contribution is 5.90. The van der Waals surface area contributed by atoms with E-state index in [1.165, 1.54) is 36.4 Å². The third-order valence-electron chi connectivity index (χ3n) is 4.35. The summed E-state index contributed by atoms with van der Waals surface area (Å²) in [6.07, 6.45) is 4.12. The Morgan fingerprint density at radius 2 is 1.97 bits per heavy atom. The Bertz CT molecular complexity index is 1070. The largest absolute Gasteiger partial charge is 0.442 e. The van der Waals surface area contributed by atoms with Crippen LogP contribution in [0.4, 0.5) is 19.3 Å². The van der Waals surface area contributed by atoms with Gasteiger partial charge in [0.15, 0.2) is 0 Å². The van der Waals surface area contributed by atoms with Gasteiger partial charge in [0, 0.05) is 24.9 Å². The molecule has 0 radical (unpaired) electrons. The van der Waals surface area contributed by atoms with Crippen LogP contribution in [0.1, 0.15) is 6.92 Å². The predicted molar refractivity (Wildman–Crippen MR) is 98.6 cm³/mol. The Morgan fingerprint density at radius 3 is 2.57 bits per heavy atom. The molecule has 1 aromatic carbocycles. The van der Waals surface area contributed by atoms with Crippen LogP contribution in [-0.2, 0) is 9.53 Å². The number of nitrogens with zero attached hydrogens (tertiary/aromatic N) is 6. The third-order valence-corrected chi connectivity index (χ3v) is 4.35. The Labute approximate surface area is 168 Å². The lowest BCUT2D eigenvalue weighted by atomic mass is 10.1. The zero-order valence-corrected chi connectivity index (χ0v) is 15.6. The fraction of sp³-hybridized carbons (Fsp3) is 0.222. The first-order valence-corrected chi connectivity index (χ1v) is 8.83. The van der Waals surface area contributed by atoms with Crippen molar-refractivity contribution in [3.05, 3.63) is 48.6 Å². The molecule has 1 aliphatic heterocycles. The van der Waals surface area contributed by atoms with E-state index in [0.717, 1.165) is 17.0 Å². The van der Waals surface area contributed by atoms with E-state index in [1.807, 2.05) is 0 Å². The molecule has 1 aliphatic rings. The van der Waals surface area contributed by atoms with Gasteiger partial charge < -0.3 is 10.1 Å². The average Bonchev–Trinajstić information content (AvgIpc) is 3.36. The van der Waals surface area contributed by atoms with Gasteiger partial charge >= 0.3 is 6.09 Å². The van der Waals surface area contributed by atoms with Gasteiger partial charge in [-0.3, -0.25) is 9.69 Å². The highest BCUT2D eigenvalue weighted by atomic mass is 19.1. The maximum atomic E-state index is 14.7. The van der Waals surface area contributed by atoms with Gasteiger partial charge in [0.2, 0.25) is 5.91 Å². The number of amides is 2. The van der Waals surface area contributed by atoms with Crippen LogP contribution < -0.4 is 10.2 Å². The van der Waals surface area contributed by atoms with E-state index in [-0.39, 0.29) is 41.8 Å². The number of carbonyl (C=O) groups excluding carboxylic acids is 2. The Balaban J connectivity index is 1.57. The van der Waals surface area contributed by atoms with Crippen molar-refractivity contribution in [1.82, 2.24) is 30.3 Å². The van der Waals surface area contributed by atoms with E-state index in [0.29, 0.717) is 0 Å². The van der Waals surface area contributed by atoms with E-state index in [9.17, 15) is 18.4 Å². The SMILES string of the molecule is CC(=O)NC[C@H]1CN(c2cc(F)c(-c3cnc(-n4ccnn4)nc3)c(F)c2)C(=O)O1. The number of rotatable bonds is 5. The molecule has 2 aromatic heterocycles. The van der Waals surface area contributed by atoms with Crippen molar-refractivity contribution in [2.75, 3.05) is 18.0 Å². The molecule has 0 spiro atoms. The Kier molecular flexibility index (Phi) is 5.04. The van der Waals surface area contributed by atoms with Crippen LogP contribution in [0.3, 0.4) is 0 Å². The van der Waals surface area contributed by atoms with E-state index in [1.54, 1.807) is 0 Å². The van der Waals surface area contributed by atoms with E-state index >= 15 is 0 Å². The van der Waals surface area contributed by atoms with Gasteiger partial charge in [-0.05, 0) is 12.1 Å². The van der Waals surface area contributed by atoms with Gasteiger partial charge in [-0.25, -0.2) is 23.5 Å². The second kappa shape index (κ2) is 7.81. The molecular formula is C18H15F2N7O3. The monoisotopic (exact) mass is 415 g/mol. The van der Waals surface area contributed by atoms with Gasteiger partial charge in [0.25, 0.3) is 5.95 Å². The number of nitrogens with one attached hydrogen (secondary N) is 1. The number of hydrogen-bond donors (Lipinski definition) is 1. The molecule has 1 N–H and O–H groups in total. The van der Waals surface area contributed by atoms with Crippen molar-refractivity contribution in [2.24, 2.45) is 0 Å². The molecule has 3 aromatic rings. The zero-order chi connectivity index (χ0) is 21.3. The first-order valence-electron chi connectivity index (χ1n) is 8.83. The summed E-state index contributed by atoms with van der Waals surface area (Å²) in [5.74, 6) is -1.86. The van der Waals surface area contributed by atoms with Crippen LogP contribution >= 0.6 is 0 Å². The number of aromatic nitrogens is 5. The molecule has 154 valence electrons. The molecule has 12 heteroatoms. The highest BCUT2D eigenvalue weighted by Crippen LogP contribution is 2.31. The van der Waals surface area contributed by atoms with Gasteiger partial charge in [0.05, 0.1) is 36.7 Å². The van der Waals surface area contributed by atoms with Crippen LogP contribution in [0.2, 0.25) is 0 Å². The van der Waals surface area contributed by atoms with Crippen molar-refractivity contribution in [3.63, 3.8) is 0 Å². The predicted octanol–water partition coefficient (Wildman–Crippen LogP) is 1.46. The van der Waals surface area contributed by atoms with Crippen LogP contribution in [0, 0.1) is 11.6 Å². The molecule has 1 atom stereocenters. The minimum absolute atomic E-state index is 0.00392. The molecule has 2 amide bonds. The summed E-state index contributed by atoms with van der Waals surface area (Å²) in [6, 6.07) is 2.07. The number of benzene rings is 1. The van der Waals surface area contributed by atoms with Crippen molar-refractivity contribution >= 4 is 17.7 Å². The van der Waals surface area contributed by atoms with Crippen LogP contribution in [-0.4, -0.2) is 56.2 Å². The van der Waals surface area contributed by atoms with Gasteiger partial charge in [-0.15, -0.1) is 5.10 Å². The lowest BCUT2D eigenvalue weighted by molar-refractivity contribution is -0.119. The number of cyclic esters (lactones) is 1. The molecule has 30 heavy (non-hydrogen) atoms. The van der Waals surface area contributed by atoms with E-state index < -0.39 is 23.8 Å². The Morgan fingerprint density at radius 1 is 1.27 bits per heavy atom. The molecule has 0 unspecified atom stereocenters. The molecule has 4 rings (SSSR count). The summed E-state index contributed by atoms with van der Waals surface area (Å²) >= 11 is 0. The van der Waals surface area contributed by atoms with Gasteiger partial charge in [-0.1, -0.05) is 5.21 Å². The maximum absolute atomic E-state index is 14.7. The molecule has 0 bridgehead atoms. The summed E-state index contributed by atoms with van der Waals surface area (Å²) in [7, 11) is 0. The highest BCUT2D eigenvalue weighted by Gasteiger charge is 2.33. The topological polar surface area (TPSA) is 115 Å². The quantitative estimate of drug-likeness (QED) is 0.671.